The second kappa shape index (κ2) is 3.97. The third-order valence-corrected chi connectivity index (χ3v) is 1.58. The zero-order chi connectivity index (χ0) is 11.6. The Kier molecular flexibility index (Phi) is 3.08. The van der Waals surface area contributed by atoms with Crippen molar-refractivity contribution in [2.75, 3.05) is 0 Å². The monoisotopic (exact) mass is 223 g/mol. The number of carbonyl (C=O) groups excluding carboxylic acids is 1. The van der Waals surface area contributed by atoms with Crippen LogP contribution in [0.4, 0.5) is 13.2 Å². The molecule has 1 unspecified atom stereocenters. The molecule has 1 rings (SSSR count). The lowest BCUT2D eigenvalue weighted by atomic mass is 10.3. The maximum atomic E-state index is 12.4. The average molecular weight is 223 g/mol. The Morgan fingerprint density at radius 3 is 2.60 bits per heavy atom. The molecule has 0 bridgehead atoms. The van der Waals surface area contributed by atoms with Gasteiger partial charge in [0.05, 0.1) is 12.6 Å². The fourth-order valence-corrected chi connectivity index (χ4v) is 1.08. The van der Waals surface area contributed by atoms with Crippen molar-refractivity contribution in [2.45, 2.75) is 25.7 Å². The first-order valence-electron chi connectivity index (χ1n) is 4.00. The summed E-state index contributed by atoms with van der Waals surface area (Å²) in [4.78, 5) is 10.3. The highest BCUT2D eigenvalue weighted by Crippen LogP contribution is 2.30. The highest BCUT2D eigenvalue weighted by molar-refractivity contribution is 5.73. The normalized spacial score (nSPS) is 13.9. The number of aldehydes is 1. The van der Waals surface area contributed by atoms with Gasteiger partial charge in [-0.2, -0.15) is 13.2 Å². The van der Waals surface area contributed by atoms with Gasteiger partial charge in [-0.1, -0.05) is 5.21 Å². The van der Waals surface area contributed by atoms with Gasteiger partial charge in [-0.15, -0.1) is 5.10 Å². The number of halogens is 3. The molecule has 1 heterocycles. The van der Waals surface area contributed by atoms with Crippen molar-refractivity contribution in [1.29, 1.82) is 0 Å². The van der Waals surface area contributed by atoms with Crippen LogP contribution in [0.3, 0.4) is 0 Å². The number of aliphatic hydroxyl groups excluding tert-OH is 1. The number of hydrogen-bond donors (Lipinski definition) is 1. The summed E-state index contributed by atoms with van der Waals surface area (Å²) in [6, 6.07) is 0. The van der Waals surface area contributed by atoms with Crippen molar-refractivity contribution in [3.63, 3.8) is 0 Å². The Hall–Kier alpha value is -1.44. The second-order valence-electron chi connectivity index (χ2n) is 2.97. The first-order valence-corrected chi connectivity index (χ1v) is 4.00. The SMILES string of the molecule is CC(O)Cn1nnc(C=O)c1C(F)(F)F. The Morgan fingerprint density at radius 2 is 2.20 bits per heavy atom. The molecule has 0 aromatic carbocycles. The van der Waals surface area contributed by atoms with Crippen molar-refractivity contribution in [1.82, 2.24) is 15.0 Å². The van der Waals surface area contributed by atoms with Gasteiger partial charge >= 0.3 is 6.18 Å². The van der Waals surface area contributed by atoms with E-state index in [1.807, 2.05) is 0 Å². The molecule has 5 nitrogen and oxygen atoms in total. The first kappa shape index (κ1) is 11.6. The van der Waals surface area contributed by atoms with E-state index in [0.29, 0.717) is 4.68 Å². The summed E-state index contributed by atoms with van der Waals surface area (Å²) < 4.78 is 37.8. The molecule has 0 saturated carbocycles. The molecular formula is C7H8F3N3O2. The summed E-state index contributed by atoms with van der Waals surface area (Å²) in [5.74, 6) is 0. The molecule has 0 aliphatic rings. The number of hydrogen-bond acceptors (Lipinski definition) is 4. The van der Waals surface area contributed by atoms with Gasteiger partial charge in [0.2, 0.25) is 0 Å². The van der Waals surface area contributed by atoms with E-state index in [1.165, 1.54) is 6.92 Å². The molecule has 15 heavy (non-hydrogen) atoms. The summed E-state index contributed by atoms with van der Waals surface area (Å²) in [6.45, 7) is 0.943. The highest BCUT2D eigenvalue weighted by atomic mass is 19.4. The quantitative estimate of drug-likeness (QED) is 0.757. The van der Waals surface area contributed by atoms with Crippen molar-refractivity contribution in [3.8, 4) is 0 Å². The molecule has 1 aromatic rings. The molecule has 0 radical (unpaired) electrons. The summed E-state index contributed by atoms with van der Waals surface area (Å²) in [7, 11) is 0. The van der Waals surface area contributed by atoms with Crippen LogP contribution in [-0.2, 0) is 12.7 Å². The predicted molar refractivity (Wildman–Crippen MR) is 42.1 cm³/mol. The topological polar surface area (TPSA) is 68.0 Å². The van der Waals surface area contributed by atoms with E-state index in [9.17, 15) is 18.0 Å². The van der Waals surface area contributed by atoms with E-state index in [1.54, 1.807) is 0 Å². The lowest BCUT2D eigenvalue weighted by Gasteiger charge is -2.10. The lowest BCUT2D eigenvalue weighted by Crippen LogP contribution is -2.21. The van der Waals surface area contributed by atoms with Crippen molar-refractivity contribution >= 4 is 6.29 Å². The van der Waals surface area contributed by atoms with E-state index in [-0.39, 0.29) is 12.8 Å². The molecular weight excluding hydrogens is 215 g/mol. The summed E-state index contributed by atoms with van der Waals surface area (Å²) in [6.07, 6.45) is -5.74. The molecule has 8 heteroatoms. The highest BCUT2D eigenvalue weighted by Gasteiger charge is 2.39. The van der Waals surface area contributed by atoms with Crippen LogP contribution in [0.5, 0.6) is 0 Å². The fourth-order valence-electron chi connectivity index (χ4n) is 1.08. The second-order valence-corrected chi connectivity index (χ2v) is 2.97. The van der Waals surface area contributed by atoms with Crippen LogP contribution in [0, 0.1) is 0 Å². The number of aliphatic hydroxyl groups is 1. The summed E-state index contributed by atoms with van der Waals surface area (Å²) in [5.41, 5.74) is -2.01. The van der Waals surface area contributed by atoms with Crippen LogP contribution in [0.1, 0.15) is 23.1 Å². The van der Waals surface area contributed by atoms with Gasteiger partial charge in [-0.3, -0.25) is 4.79 Å². The van der Waals surface area contributed by atoms with Crippen LogP contribution in [0.15, 0.2) is 0 Å². The van der Waals surface area contributed by atoms with Gasteiger partial charge in [0, 0.05) is 0 Å². The average Bonchev–Trinajstić information content (AvgIpc) is 2.45. The number of nitrogens with zero attached hydrogens (tertiary/aromatic N) is 3. The minimum absolute atomic E-state index is 0.0195. The molecule has 0 spiro atoms. The summed E-state index contributed by atoms with van der Waals surface area (Å²) >= 11 is 0. The van der Waals surface area contributed by atoms with Crippen molar-refractivity contribution in [2.24, 2.45) is 0 Å². The molecule has 1 atom stereocenters. The Morgan fingerprint density at radius 1 is 1.60 bits per heavy atom. The number of rotatable bonds is 3. The van der Waals surface area contributed by atoms with E-state index < -0.39 is 23.7 Å². The zero-order valence-corrected chi connectivity index (χ0v) is 7.69. The third kappa shape index (κ3) is 2.52. The Bertz CT molecular complexity index is 359. The smallest absolute Gasteiger partial charge is 0.391 e. The van der Waals surface area contributed by atoms with Crippen LogP contribution in [0.2, 0.25) is 0 Å². The van der Waals surface area contributed by atoms with Gasteiger partial charge in [0.1, 0.15) is 0 Å². The first-order chi connectivity index (χ1) is 6.86. The number of alkyl halides is 3. The van der Waals surface area contributed by atoms with Crippen molar-refractivity contribution in [3.05, 3.63) is 11.4 Å². The van der Waals surface area contributed by atoms with Crippen LogP contribution in [-0.4, -0.2) is 32.5 Å². The minimum Gasteiger partial charge on any atom is -0.391 e. The molecule has 0 fully saturated rings. The molecule has 1 aromatic heterocycles. The molecule has 1 N–H and O–H groups in total. The van der Waals surface area contributed by atoms with Gasteiger partial charge < -0.3 is 5.11 Å². The summed E-state index contributed by atoms with van der Waals surface area (Å²) in [5, 5.41) is 15.2. The fraction of sp³-hybridized carbons (Fsp3) is 0.571. The molecule has 84 valence electrons. The molecule has 0 saturated heterocycles. The molecule has 0 aliphatic carbocycles. The third-order valence-electron chi connectivity index (χ3n) is 1.58. The van der Waals surface area contributed by atoms with Gasteiger partial charge in [0.15, 0.2) is 17.7 Å². The Balaban J connectivity index is 3.17. The largest absolute Gasteiger partial charge is 0.435 e. The van der Waals surface area contributed by atoms with E-state index in [4.69, 9.17) is 5.11 Å². The van der Waals surface area contributed by atoms with Crippen molar-refractivity contribution < 1.29 is 23.1 Å². The zero-order valence-electron chi connectivity index (χ0n) is 7.69. The number of aromatic nitrogens is 3. The number of carbonyl (C=O) groups is 1. The standard InChI is InChI=1S/C7H8F3N3O2/c1-4(15)2-13-6(7(8,9)10)5(3-14)11-12-13/h3-4,15H,2H2,1H3. The van der Waals surface area contributed by atoms with Crippen LogP contribution >= 0.6 is 0 Å². The van der Waals surface area contributed by atoms with Crippen LogP contribution in [0.25, 0.3) is 0 Å². The van der Waals surface area contributed by atoms with E-state index in [0.717, 1.165) is 0 Å². The predicted octanol–water partition coefficient (Wildman–Crippen LogP) is 0.490. The minimum atomic E-state index is -4.71. The lowest BCUT2D eigenvalue weighted by molar-refractivity contribution is -0.145. The van der Waals surface area contributed by atoms with E-state index in [2.05, 4.69) is 10.3 Å². The van der Waals surface area contributed by atoms with Crippen LogP contribution < -0.4 is 0 Å². The maximum absolute atomic E-state index is 12.4. The molecule has 0 aliphatic heterocycles. The maximum Gasteiger partial charge on any atom is 0.435 e. The van der Waals surface area contributed by atoms with Gasteiger partial charge in [0.25, 0.3) is 0 Å². The Labute approximate surface area is 82.5 Å². The van der Waals surface area contributed by atoms with Gasteiger partial charge in [-0.05, 0) is 6.92 Å². The molecule has 0 amide bonds. The van der Waals surface area contributed by atoms with Gasteiger partial charge in [-0.25, -0.2) is 4.68 Å². The van der Waals surface area contributed by atoms with E-state index >= 15 is 0 Å².